The highest BCUT2D eigenvalue weighted by Crippen LogP contribution is 2.38. The van der Waals surface area contributed by atoms with E-state index in [1.165, 1.54) is 0 Å². The number of anilines is 2. The maximum atomic E-state index is 8.99. The fraction of sp³-hybridized carbons (Fsp3) is 0.667. The van der Waals surface area contributed by atoms with Gasteiger partial charge in [0.15, 0.2) is 0 Å². The lowest BCUT2D eigenvalue weighted by Crippen LogP contribution is -2.32. The Morgan fingerprint density at radius 1 is 1.47 bits per heavy atom. The highest BCUT2D eigenvalue weighted by Gasteiger charge is 2.27. The van der Waals surface area contributed by atoms with E-state index in [2.05, 4.69) is 15.3 Å². The maximum Gasteiger partial charge on any atom is 0.136 e. The molecule has 1 aromatic heterocycles. The molecule has 1 aliphatic rings. The Morgan fingerprint density at radius 3 is 2.76 bits per heavy atom. The fourth-order valence-electron chi connectivity index (χ4n) is 1.76. The minimum Gasteiger partial charge on any atom is -0.396 e. The molecule has 1 aromatic rings. The second-order valence-corrected chi connectivity index (χ2v) is 5.29. The third-order valence-electron chi connectivity index (χ3n) is 2.91. The van der Waals surface area contributed by atoms with Crippen LogP contribution in [0, 0.1) is 0 Å². The first-order valence-corrected chi connectivity index (χ1v) is 6.04. The maximum absolute atomic E-state index is 8.99. The number of rotatable bonds is 5. The van der Waals surface area contributed by atoms with Crippen molar-refractivity contribution in [2.75, 3.05) is 17.7 Å². The minimum absolute atomic E-state index is 0.149. The second kappa shape index (κ2) is 4.49. The Kier molecular flexibility index (Phi) is 3.19. The summed E-state index contributed by atoms with van der Waals surface area (Å²) < 4.78 is 0. The molecule has 0 aliphatic heterocycles. The number of nitrogens with one attached hydrogen (secondary N) is 1. The van der Waals surface area contributed by atoms with E-state index in [-0.39, 0.29) is 12.1 Å². The summed E-state index contributed by atoms with van der Waals surface area (Å²) in [5, 5.41) is 12.3. The lowest BCUT2D eigenvalue weighted by molar-refractivity contribution is 0.260. The normalized spacial score (nSPS) is 15.9. The van der Waals surface area contributed by atoms with Crippen LogP contribution >= 0.6 is 0 Å². The molecule has 0 atom stereocenters. The van der Waals surface area contributed by atoms with Gasteiger partial charge in [0.05, 0.1) is 0 Å². The first-order chi connectivity index (χ1) is 8.00. The molecule has 0 radical (unpaired) electrons. The van der Waals surface area contributed by atoms with Gasteiger partial charge in [-0.15, -0.1) is 0 Å². The van der Waals surface area contributed by atoms with Gasteiger partial charge in [-0.05, 0) is 33.1 Å². The van der Waals surface area contributed by atoms with Crippen LogP contribution in [0.3, 0.4) is 0 Å². The number of aliphatic hydroxyl groups is 1. The van der Waals surface area contributed by atoms with Crippen LogP contribution < -0.4 is 11.1 Å². The molecular formula is C12H20N4O. The summed E-state index contributed by atoms with van der Waals surface area (Å²) in [7, 11) is 0. The van der Waals surface area contributed by atoms with E-state index in [0.717, 1.165) is 24.5 Å². The van der Waals surface area contributed by atoms with Crippen molar-refractivity contribution in [3.63, 3.8) is 0 Å². The van der Waals surface area contributed by atoms with Gasteiger partial charge in [-0.3, -0.25) is 0 Å². The molecule has 2 rings (SSSR count). The van der Waals surface area contributed by atoms with Gasteiger partial charge in [-0.2, -0.15) is 0 Å². The number of nitrogens with two attached hydrogens (primary N) is 1. The summed E-state index contributed by atoms with van der Waals surface area (Å²) in [6.45, 7) is 4.20. The zero-order valence-corrected chi connectivity index (χ0v) is 10.4. The number of aromatic nitrogens is 2. The van der Waals surface area contributed by atoms with E-state index in [1.807, 2.05) is 13.8 Å². The summed E-state index contributed by atoms with van der Waals surface area (Å²) in [6.07, 6.45) is 2.97. The standard InChI is InChI=1S/C12H20N4O/c1-12(2,5-6-17)16-10-7-9(13)14-11(15-10)8-3-4-8/h7-8,17H,3-6H2,1-2H3,(H3,13,14,15,16). The minimum atomic E-state index is -0.198. The summed E-state index contributed by atoms with van der Waals surface area (Å²) >= 11 is 0. The van der Waals surface area contributed by atoms with E-state index < -0.39 is 0 Å². The van der Waals surface area contributed by atoms with Gasteiger partial charge in [0.2, 0.25) is 0 Å². The van der Waals surface area contributed by atoms with E-state index in [1.54, 1.807) is 6.07 Å². The summed E-state index contributed by atoms with van der Waals surface area (Å²) in [6, 6.07) is 1.74. The molecule has 1 heterocycles. The van der Waals surface area contributed by atoms with E-state index >= 15 is 0 Å². The Labute approximate surface area is 101 Å². The van der Waals surface area contributed by atoms with Crippen LogP contribution in [0.4, 0.5) is 11.6 Å². The van der Waals surface area contributed by atoms with Gasteiger partial charge < -0.3 is 16.2 Å². The monoisotopic (exact) mass is 236 g/mol. The van der Waals surface area contributed by atoms with Crippen LogP contribution in [-0.4, -0.2) is 27.2 Å². The highest BCUT2D eigenvalue weighted by atomic mass is 16.3. The number of hydrogen-bond donors (Lipinski definition) is 3. The quantitative estimate of drug-likeness (QED) is 0.721. The van der Waals surface area contributed by atoms with E-state index in [0.29, 0.717) is 18.2 Å². The lowest BCUT2D eigenvalue weighted by atomic mass is 10.0. The van der Waals surface area contributed by atoms with Crippen LogP contribution in [0.5, 0.6) is 0 Å². The number of nitrogens with zero attached hydrogens (tertiary/aromatic N) is 2. The third kappa shape index (κ3) is 3.30. The van der Waals surface area contributed by atoms with Crippen molar-refractivity contribution < 1.29 is 5.11 Å². The van der Waals surface area contributed by atoms with Gasteiger partial charge in [0, 0.05) is 24.1 Å². The first-order valence-electron chi connectivity index (χ1n) is 6.04. The zero-order valence-electron chi connectivity index (χ0n) is 10.4. The van der Waals surface area contributed by atoms with Crippen LogP contribution in [0.2, 0.25) is 0 Å². The van der Waals surface area contributed by atoms with Gasteiger partial charge in [0.1, 0.15) is 17.5 Å². The summed E-state index contributed by atoms with van der Waals surface area (Å²) in [4.78, 5) is 8.73. The van der Waals surface area contributed by atoms with Crippen molar-refractivity contribution in [1.82, 2.24) is 9.97 Å². The predicted molar refractivity (Wildman–Crippen MR) is 67.8 cm³/mol. The van der Waals surface area contributed by atoms with Crippen LogP contribution in [0.15, 0.2) is 6.07 Å². The Hall–Kier alpha value is -1.36. The molecule has 94 valence electrons. The molecule has 5 heteroatoms. The molecule has 0 bridgehead atoms. The topological polar surface area (TPSA) is 84.1 Å². The van der Waals surface area contributed by atoms with E-state index in [9.17, 15) is 0 Å². The van der Waals surface area contributed by atoms with E-state index in [4.69, 9.17) is 10.8 Å². The smallest absolute Gasteiger partial charge is 0.136 e. The SMILES string of the molecule is CC(C)(CCO)Nc1cc(N)nc(C2CC2)n1. The van der Waals surface area contributed by atoms with Gasteiger partial charge in [-0.1, -0.05) is 0 Å². The van der Waals surface area contributed by atoms with Crippen molar-refractivity contribution in [1.29, 1.82) is 0 Å². The molecule has 4 N–H and O–H groups in total. The van der Waals surface area contributed by atoms with Crippen molar-refractivity contribution in [3.05, 3.63) is 11.9 Å². The molecule has 1 saturated carbocycles. The van der Waals surface area contributed by atoms with Crippen LogP contribution in [0.1, 0.15) is 44.9 Å². The zero-order chi connectivity index (χ0) is 12.5. The van der Waals surface area contributed by atoms with Crippen molar-refractivity contribution >= 4 is 11.6 Å². The molecule has 5 nitrogen and oxygen atoms in total. The average Bonchev–Trinajstić information content (AvgIpc) is 2.97. The van der Waals surface area contributed by atoms with Crippen LogP contribution in [0.25, 0.3) is 0 Å². The van der Waals surface area contributed by atoms with Gasteiger partial charge in [0.25, 0.3) is 0 Å². The van der Waals surface area contributed by atoms with Crippen LogP contribution in [-0.2, 0) is 0 Å². The number of nitrogen functional groups attached to an aromatic ring is 1. The second-order valence-electron chi connectivity index (χ2n) is 5.29. The van der Waals surface area contributed by atoms with Gasteiger partial charge >= 0.3 is 0 Å². The lowest BCUT2D eigenvalue weighted by Gasteiger charge is -2.26. The summed E-state index contributed by atoms with van der Waals surface area (Å²) in [5.41, 5.74) is 5.58. The number of aliphatic hydroxyl groups excluding tert-OH is 1. The Balaban J connectivity index is 2.14. The molecule has 1 aliphatic carbocycles. The Morgan fingerprint density at radius 2 is 2.18 bits per heavy atom. The fourth-order valence-corrected chi connectivity index (χ4v) is 1.76. The molecule has 0 spiro atoms. The molecule has 17 heavy (non-hydrogen) atoms. The molecule has 0 unspecified atom stereocenters. The van der Waals surface area contributed by atoms with Crippen molar-refractivity contribution in [3.8, 4) is 0 Å². The van der Waals surface area contributed by atoms with Gasteiger partial charge in [-0.25, -0.2) is 9.97 Å². The predicted octanol–water partition coefficient (Wildman–Crippen LogP) is 1.51. The van der Waals surface area contributed by atoms with Crippen molar-refractivity contribution in [2.45, 2.75) is 44.6 Å². The Bertz CT molecular complexity index is 401. The average molecular weight is 236 g/mol. The first kappa shape index (κ1) is 12.1. The molecular weight excluding hydrogens is 216 g/mol. The molecule has 0 amide bonds. The third-order valence-corrected chi connectivity index (χ3v) is 2.91. The highest BCUT2D eigenvalue weighted by molar-refractivity contribution is 5.46. The molecule has 1 fully saturated rings. The number of hydrogen-bond acceptors (Lipinski definition) is 5. The molecule has 0 aromatic carbocycles. The molecule has 0 saturated heterocycles. The summed E-state index contributed by atoms with van der Waals surface area (Å²) in [5.74, 6) is 2.58. The largest absolute Gasteiger partial charge is 0.396 e. The van der Waals surface area contributed by atoms with Crippen molar-refractivity contribution in [2.24, 2.45) is 0 Å².